The number of aromatic amines is 1. The summed E-state index contributed by atoms with van der Waals surface area (Å²) in [6.07, 6.45) is 5.64. The summed E-state index contributed by atoms with van der Waals surface area (Å²) in [7, 11) is -4.90. The van der Waals surface area contributed by atoms with Crippen LogP contribution in [-0.2, 0) is 20.0 Å². The van der Waals surface area contributed by atoms with Crippen molar-refractivity contribution in [3.8, 4) is 0 Å². The predicted octanol–water partition coefficient (Wildman–Crippen LogP) is -0.314. The molecule has 1 aromatic heterocycles. The molecule has 3 aliphatic heterocycles. The average Bonchev–Trinajstić information content (AvgIpc) is 3.31. The number of piperazine rings is 1. The summed E-state index contributed by atoms with van der Waals surface area (Å²) in [5.74, 6) is 0.432. The third kappa shape index (κ3) is 4.01. The Hall–Kier alpha value is -1.43. The zero-order valence-electron chi connectivity index (χ0n) is 18.8. The van der Waals surface area contributed by atoms with E-state index in [0.717, 1.165) is 30.0 Å². The number of nitrogens with zero attached hydrogens (tertiary/aromatic N) is 4. The Bertz CT molecular complexity index is 1200. The van der Waals surface area contributed by atoms with Gasteiger partial charge in [0.2, 0.25) is 0 Å². The molecule has 0 bridgehead atoms. The van der Waals surface area contributed by atoms with Crippen molar-refractivity contribution in [2.24, 2.45) is 10.9 Å². The van der Waals surface area contributed by atoms with Gasteiger partial charge >= 0.3 is 0 Å². The predicted molar refractivity (Wildman–Crippen MR) is 122 cm³/mol. The van der Waals surface area contributed by atoms with Crippen molar-refractivity contribution in [3.05, 3.63) is 23.0 Å². The van der Waals surface area contributed by atoms with Gasteiger partial charge in [-0.1, -0.05) is 0 Å². The maximum Gasteiger partial charge on any atom is 0.282 e. The smallest absolute Gasteiger partial charge is 0.282 e. The summed E-state index contributed by atoms with van der Waals surface area (Å²) in [6, 6.07) is 2.28. The molecule has 0 radical (unpaired) electrons. The molecule has 11 heteroatoms. The molecule has 1 saturated carbocycles. The summed E-state index contributed by atoms with van der Waals surface area (Å²) in [5.41, 5.74) is 1.86. The van der Waals surface area contributed by atoms with E-state index in [1.807, 2.05) is 6.20 Å². The maximum atomic E-state index is 13.5. The van der Waals surface area contributed by atoms with Gasteiger partial charge in [-0.05, 0) is 44.6 Å². The molecule has 4 aliphatic rings. The summed E-state index contributed by atoms with van der Waals surface area (Å²) >= 11 is 0. The van der Waals surface area contributed by atoms with Crippen LogP contribution in [0.5, 0.6) is 0 Å². The molecule has 32 heavy (non-hydrogen) atoms. The minimum Gasteiger partial charge on any atom is -0.371 e. The summed E-state index contributed by atoms with van der Waals surface area (Å²) < 4.78 is 53.6. The van der Waals surface area contributed by atoms with Gasteiger partial charge in [0.15, 0.2) is 0 Å². The van der Waals surface area contributed by atoms with E-state index in [2.05, 4.69) is 22.9 Å². The molecule has 9 nitrogen and oxygen atoms in total. The minimum atomic E-state index is -3.59. The number of hydrogen-bond acceptors (Lipinski definition) is 6. The van der Waals surface area contributed by atoms with Crippen LogP contribution in [0.25, 0.3) is 5.70 Å². The first-order valence-electron chi connectivity index (χ1n) is 11.5. The van der Waals surface area contributed by atoms with Crippen molar-refractivity contribution < 1.29 is 16.8 Å². The van der Waals surface area contributed by atoms with Crippen molar-refractivity contribution in [2.75, 3.05) is 44.7 Å². The Labute approximate surface area is 190 Å². The Morgan fingerprint density at radius 3 is 2.66 bits per heavy atom. The third-order valence-electron chi connectivity index (χ3n) is 7.53. The standard InChI is InChI=1S/C21H33N5O4S2/c1-16-13-19(18-3-8-22-20(18)23-16)25-9-10-26(21(15-25)6-7-21)32(29,30)24(2)14-17-4-11-31(27,28)12-5-17/h3,8,16-17H,4-7,9-15H2,1-2H3,(H,22,23). The third-order valence-corrected chi connectivity index (χ3v) is 11.3. The molecule has 1 aliphatic carbocycles. The van der Waals surface area contributed by atoms with Gasteiger partial charge in [0.1, 0.15) is 15.3 Å². The molecule has 178 valence electrons. The average molecular weight is 484 g/mol. The Balaban J connectivity index is 1.31. The highest BCUT2D eigenvalue weighted by atomic mass is 32.2. The van der Waals surface area contributed by atoms with Gasteiger partial charge < -0.3 is 9.88 Å². The molecule has 1 aromatic rings. The van der Waals surface area contributed by atoms with Gasteiger partial charge in [-0.15, -0.1) is 0 Å². The number of fused-ring (bicyclic) bond motifs is 1. The van der Waals surface area contributed by atoms with Crippen LogP contribution in [0.4, 0.5) is 0 Å². The highest BCUT2D eigenvalue weighted by Crippen LogP contribution is 2.47. The lowest BCUT2D eigenvalue weighted by molar-refractivity contribution is 0.154. The molecular weight excluding hydrogens is 450 g/mol. The van der Waals surface area contributed by atoms with Gasteiger partial charge in [-0.25, -0.2) is 8.42 Å². The number of nitrogens with one attached hydrogen (secondary N) is 1. The van der Waals surface area contributed by atoms with E-state index < -0.39 is 20.0 Å². The molecule has 0 aromatic carbocycles. The van der Waals surface area contributed by atoms with Crippen LogP contribution in [0.1, 0.15) is 39.0 Å². The van der Waals surface area contributed by atoms with Gasteiger partial charge in [-0.2, -0.15) is 17.0 Å². The Kier molecular flexibility index (Phi) is 5.46. The number of rotatable bonds is 5. The van der Waals surface area contributed by atoms with Gasteiger partial charge in [0.05, 0.1) is 23.1 Å². The fraction of sp³-hybridized carbons (Fsp3) is 0.762. The molecule has 4 heterocycles. The lowest BCUT2D eigenvalue weighted by atomic mass is 10.0. The number of H-pyrrole nitrogens is 1. The first-order chi connectivity index (χ1) is 15.1. The first kappa shape index (κ1) is 22.4. The number of sulfone groups is 1. The van der Waals surface area contributed by atoms with E-state index in [4.69, 9.17) is 4.99 Å². The van der Waals surface area contributed by atoms with Crippen molar-refractivity contribution in [1.82, 2.24) is 18.5 Å². The zero-order chi connectivity index (χ0) is 22.7. The second-order valence-electron chi connectivity index (χ2n) is 9.97. The second-order valence-corrected chi connectivity index (χ2v) is 14.2. The highest BCUT2D eigenvalue weighted by molar-refractivity contribution is 7.91. The zero-order valence-corrected chi connectivity index (χ0v) is 20.5. The molecular formula is C21H33N5O4S2. The Morgan fingerprint density at radius 1 is 1.25 bits per heavy atom. The second kappa shape index (κ2) is 7.82. The number of aromatic nitrogens is 1. The minimum absolute atomic E-state index is 0.102. The van der Waals surface area contributed by atoms with E-state index >= 15 is 0 Å². The van der Waals surface area contributed by atoms with E-state index in [-0.39, 0.29) is 29.0 Å². The SMILES string of the molecule is CC1CC(N2CCN(S(=O)(=O)N(C)CC3CCS(=O)(=O)CC3)C3(CC3)C2)=c2cc[nH]c2=N1. The topological polar surface area (TPSA) is 106 Å². The van der Waals surface area contributed by atoms with Crippen molar-refractivity contribution >= 4 is 25.7 Å². The quantitative estimate of drug-likeness (QED) is 0.618. The summed E-state index contributed by atoms with van der Waals surface area (Å²) in [4.78, 5) is 10.3. The summed E-state index contributed by atoms with van der Waals surface area (Å²) in [5, 5.41) is 1.14. The van der Waals surface area contributed by atoms with E-state index in [0.29, 0.717) is 39.0 Å². The summed E-state index contributed by atoms with van der Waals surface area (Å²) in [6.45, 7) is 4.36. The molecule has 0 amide bonds. The maximum absolute atomic E-state index is 13.5. The fourth-order valence-electron chi connectivity index (χ4n) is 5.51. The lowest BCUT2D eigenvalue weighted by Crippen LogP contribution is -2.60. The van der Waals surface area contributed by atoms with E-state index in [1.54, 1.807) is 11.4 Å². The normalized spacial score (nSPS) is 28.0. The monoisotopic (exact) mass is 483 g/mol. The molecule has 5 rings (SSSR count). The molecule has 1 spiro atoms. The fourth-order valence-corrected chi connectivity index (χ4v) is 8.87. The van der Waals surface area contributed by atoms with Gasteiger partial charge in [-0.3, -0.25) is 4.99 Å². The first-order valence-corrected chi connectivity index (χ1v) is 14.8. The van der Waals surface area contributed by atoms with E-state index in [1.165, 1.54) is 10.0 Å². The van der Waals surface area contributed by atoms with Crippen LogP contribution in [-0.4, -0.2) is 91.6 Å². The van der Waals surface area contributed by atoms with Crippen LogP contribution >= 0.6 is 0 Å². The van der Waals surface area contributed by atoms with Crippen LogP contribution in [0.2, 0.25) is 0 Å². The van der Waals surface area contributed by atoms with Crippen LogP contribution in [0.15, 0.2) is 17.3 Å². The van der Waals surface area contributed by atoms with Gasteiger partial charge in [0, 0.05) is 56.8 Å². The van der Waals surface area contributed by atoms with Crippen LogP contribution < -0.4 is 10.7 Å². The Morgan fingerprint density at radius 2 is 1.97 bits per heavy atom. The highest BCUT2D eigenvalue weighted by Gasteiger charge is 2.56. The lowest BCUT2D eigenvalue weighted by Gasteiger charge is -2.45. The van der Waals surface area contributed by atoms with Crippen molar-refractivity contribution in [2.45, 2.75) is 50.6 Å². The molecule has 1 unspecified atom stereocenters. The van der Waals surface area contributed by atoms with Gasteiger partial charge in [0.25, 0.3) is 10.2 Å². The van der Waals surface area contributed by atoms with E-state index in [9.17, 15) is 16.8 Å². The molecule has 1 atom stereocenters. The molecule has 3 fully saturated rings. The number of hydrogen-bond donors (Lipinski definition) is 1. The molecule has 2 saturated heterocycles. The molecule has 1 N–H and O–H groups in total. The van der Waals surface area contributed by atoms with Crippen LogP contribution in [0.3, 0.4) is 0 Å². The van der Waals surface area contributed by atoms with Crippen LogP contribution in [0, 0.1) is 5.92 Å². The largest absolute Gasteiger partial charge is 0.371 e. The van der Waals surface area contributed by atoms with Crippen molar-refractivity contribution in [3.63, 3.8) is 0 Å². The van der Waals surface area contributed by atoms with Crippen molar-refractivity contribution in [1.29, 1.82) is 0 Å².